The number of aromatic hydroxyl groups is 1. The number of carbonyl (C=O) groups excluding carboxylic acids is 5. The first-order valence-electron chi connectivity index (χ1n) is 16.2. The van der Waals surface area contributed by atoms with Gasteiger partial charge in [-0.15, -0.1) is 23.2 Å². The summed E-state index contributed by atoms with van der Waals surface area (Å²) in [5.74, 6) is -22.7. The molecule has 53 heavy (non-hydrogen) atoms. The third-order valence-corrected chi connectivity index (χ3v) is 12.4. The Labute approximate surface area is 306 Å². The summed E-state index contributed by atoms with van der Waals surface area (Å²) in [4.78, 5) is 64.1. The van der Waals surface area contributed by atoms with Crippen molar-refractivity contribution in [2.75, 3.05) is 9.80 Å². The third-order valence-electron chi connectivity index (χ3n) is 11.0. The Morgan fingerprint density at radius 1 is 0.774 bits per heavy atom. The molecule has 4 aromatic rings. The van der Waals surface area contributed by atoms with Crippen LogP contribution in [0.2, 0.25) is 0 Å². The summed E-state index contributed by atoms with van der Waals surface area (Å²) in [5.41, 5.74) is -1.32. The van der Waals surface area contributed by atoms with Gasteiger partial charge in [0.05, 0.1) is 17.5 Å². The van der Waals surface area contributed by atoms with Crippen LogP contribution in [0.4, 0.5) is 33.3 Å². The van der Waals surface area contributed by atoms with Crippen molar-refractivity contribution in [2.24, 2.45) is 17.8 Å². The van der Waals surface area contributed by atoms with Gasteiger partial charge in [-0.25, -0.2) is 26.9 Å². The Bertz CT molecular complexity index is 2400. The Balaban J connectivity index is 1.33. The lowest BCUT2D eigenvalue weighted by atomic mass is 9.56. The van der Waals surface area contributed by atoms with Crippen molar-refractivity contribution in [1.82, 2.24) is 0 Å². The summed E-state index contributed by atoms with van der Waals surface area (Å²) in [7, 11) is 0. The number of fused-ring (bicyclic) bond motifs is 5. The minimum Gasteiger partial charge on any atom is -0.507 e. The maximum atomic E-state index is 15.3. The fraction of sp³-hybridized carbons (Fsp3) is 0.237. The van der Waals surface area contributed by atoms with Crippen LogP contribution in [0.15, 0.2) is 72.3 Å². The van der Waals surface area contributed by atoms with Crippen molar-refractivity contribution in [3.8, 4) is 5.75 Å². The van der Waals surface area contributed by atoms with E-state index in [9.17, 15) is 42.3 Å². The first kappa shape index (κ1) is 34.9. The highest BCUT2D eigenvalue weighted by Crippen LogP contribution is 2.67. The zero-order chi connectivity index (χ0) is 38.0. The standard InChI is InChI=1S/C38H23Cl2F5N2O6/c1-15(48)16-6-9-18(10-7-16)46-33(50)21-13-12-20-23(24(21)34(46)51)14-37(39)35(52)47(31-29(44)27(42)26(41)28(43)30(31)45)36(53)38(37,40)25(20)22-11-8-17-4-2-3-5-19(17)32(22)49/h2-12,21,23-25,49H,13-14H2,1H3. The van der Waals surface area contributed by atoms with Crippen LogP contribution in [0.3, 0.4) is 0 Å². The van der Waals surface area contributed by atoms with Gasteiger partial charge >= 0.3 is 0 Å². The number of amides is 4. The third kappa shape index (κ3) is 4.43. The number of hydrogen-bond acceptors (Lipinski definition) is 6. The number of hydrogen-bond donors (Lipinski definition) is 1. The van der Waals surface area contributed by atoms with E-state index < -0.39 is 104 Å². The zero-order valence-electron chi connectivity index (χ0n) is 27.1. The van der Waals surface area contributed by atoms with E-state index >= 15 is 8.78 Å². The van der Waals surface area contributed by atoms with E-state index in [0.717, 1.165) is 4.90 Å². The van der Waals surface area contributed by atoms with E-state index in [1.807, 2.05) is 0 Å². The minimum atomic E-state index is -2.78. The molecular weight excluding hydrogens is 746 g/mol. The molecule has 2 saturated heterocycles. The number of Topliss-reactive ketones (excluding diaryl/α,β-unsaturated/α-hetero) is 1. The van der Waals surface area contributed by atoms with Crippen molar-refractivity contribution in [1.29, 1.82) is 0 Å². The van der Waals surface area contributed by atoms with Crippen molar-refractivity contribution >= 4 is 74.8 Å². The molecule has 4 aromatic carbocycles. The van der Waals surface area contributed by atoms with Crippen LogP contribution in [0.25, 0.3) is 10.8 Å². The zero-order valence-corrected chi connectivity index (χ0v) is 28.6. The number of allylic oxidation sites excluding steroid dienone is 2. The number of alkyl halides is 2. The summed E-state index contributed by atoms with van der Waals surface area (Å²) >= 11 is 14.4. The van der Waals surface area contributed by atoms with E-state index in [2.05, 4.69) is 0 Å². The largest absolute Gasteiger partial charge is 0.507 e. The maximum Gasteiger partial charge on any atom is 0.258 e. The molecule has 270 valence electrons. The van der Waals surface area contributed by atoms with Gasteiger partial charge in [-0.1, -0.05) is 48.0 Å². The Morgan fingerprint density at radius 3 is 2.04 bits per heavy atom. The lowest BCUT2D eigenvalue weighted by molar-refractivity contribution is -0.125. The summed E-state index contributed by atoms with van der Waals surface area (Å²) in [6.45, 7) is 1.34. The van der Waals surface area contributed by atoms with Crippen LogP contribution >= 0.6 is 23.2 Å². The van der Waals surface area contributed by atoms with Crippen molar-refractivity contribution in [2.45, 2.75) is 35.4 Å². The lowest BCUT2D eigenvalue weighted by Crippen LogP contribution is -2.60. The first-order chi connectivity index (χ1) is 25.1. The summed E-state index contributed by atoms with van der Waals surface area (Å²) in [6.07, 6.45) is 0.764. The van der Waals surface area contributed by atoms with Crippen molar-refractivity contribution in [3.63, 3.8) is 0 Å². The Kier molecular flexibility index (Phi) is 7.69. The molecule has 2 aliphatic carbocycles. The normalized spacial score (nSPS) is 28.0. The molecule has 6 unspecified atom stereocenters. The van der Waals surface area contributed by atoms with E-state index in [4.69, 9.17) is 23.2 Å². The number of ketones is 1. The molecule has 4 amide bonds. The van der Waals surface area contributed by atoms with Gasteiger partial charge in [-0.2, -0.15) is 0 Å². The monoisotopic (exact) mass is 768 g/mol. The van der Waals surface area contributed by atoms with E-state index in [1.54, 1.807) is 30.3 Å². The van der Waals surface area contributed by atoms with Gasteiger partial charge in [0.15, 0.2) is 38.8 Å². The van der Waals surface area contributed by atoms with Gasteiger partial charge in [-0.3, -0.25) is 28.9 Å². The number of rotatable bonds is 4. The molecule has 0 spiro atoms. The van der Waals surface area contributed by atoms with Crippen LogP contribution in [0.5, 0.6) is 5.75 Å². The minimum absolute atomic E-state index is 0.0836. The average Bonchev–Trinajstić information content (AvgIpc) is 3.48. The van der Waals surface area contributed by atoms with E-state index in [0.29, 0.717) is 10.9 Å². The van der Waals surface area contributed by atoms with Gasteiger partial charge in [-0.05, 0) is 55.3 Å². The second-order valence-corrected chi connectivity index (χ2v) is 14.8. The first-order valence-corrected chi connectivity index (χ1v) is 17.0. The van der Waals surface area contributed by atoms with Gasteiger partial charge < -0.3 is 5.11 Å². The second kappa shape index (κ2) is 11.7. The number of carbonyl (C=O) groups is 5. The van der Waals surface area contributed by atoms with Crippen LogP contribution in [0, 0.1) is 46.8 Å². The molecule has 0 aromatic heterocycles. The molecule has 15 heteroatoms. The van der Waals surface area contributed by atoms with Crippen LogP contribution in [-0.4, -0.2) is 44.3 Å². The molecule has 0 bridgehead atoms. The number of halogens is 7. The molecule has 1 saturated carbocycles. The smallest absolute Gasteiger partial charge is 0.258 e. The summed E-state index contributed by atoms with van der Waals surface area (Å²) in [6, 6.07) is 15.2. The predicted octanol–water partition coefficient (Wildman–Crippen LogP) is 7.21. The van der Waals surface area contributed by atoms with E-state index in [-0.39, 0.29) is 39.3 Å². The van der Waals surface area contributed by atoms with Gasteiger partial charge in [0.25, 0.3) is 11.8 Å². The molecule has 6 atom stereocenters. The maximum absolute atomic E-state index is 15.3. The van der Waals surface area contributed by atoms with Crippen LogP contribution in [-0.2, 0) is 19.2 Å². The molecule has 4 aliphatic rings. The topological polar surface area (TPSA) is 112 Å². The fourth-order valence-electron chi connectivity index (χ4n) is 8.52. The number of phenolic OH excluding ortho intramolecular Hbond substituents is 1. The van der Waals surface area contributed by atoms with Crippen LogP contribution < -0.4 is 9.80 Å². The number of phenols is 1. The molecule has 8 nitrogen and oxygen atoms in total. The van der Waals surface area contributed by atoms with Gasteiger partial charge in [0.2, 0.25) is 17.6 Å². The Morgan fingerprint density at radius 2 is 1.40 bits per heavy atom. The molecule has 2 aliphatic heterocycles. The molecule has 1 N–H and O–H groups in total. The quantitative estimate of drug-likeness (QED) is 0.0447. The van der Waals surface area contributed by atoms with Crippen molar-refractivity contribution < 1.29 is 51.0 Å². The number of nitrogens with zero attached hydrogens (tertiary/aromatic N) is 2. The van der Waals surface area contributed by atoms with Gasteiger partial charge in [0.1, 0.15) is 11.4 Å². The lowest BCUT2D eigenvalue weighted by Gasteiger charge is -2.50. The molecule has 0 radical (unpaired) electrons. The SMILES string of the molecule is CC(=O)c1ccc(N2C(=O)C3CC=C4C(CC5(Cl)C(=O)N(c6c(F)c(F)c(F)c(F)c6F)C(=O)C5(Cl)C4c4ccc5ccccc5c4O)C3C2=O)cc1. The average molecular weight is 770 g/mol. The molecule has 3 fully saturated rings. The predicted molar refractivity (Wildman–Crippen MR) is 181 cm³/mol. The summed E-state index contributed by atoms with van der Waals surface area (Å²) in [5, 5.41) is 12.5. The highest BCUT2D eigenvalue weighted by Gasteiger charge is 2.77. The molecule has 2 heterocycles. The van der Waals surface area contributed by atoms with Crippen molar-refractivity contribution in [3.05, 3.63) is 113 Å². The number of benzene rings is 4. The fourth-order valence-corrected chi connectivity index (χ4v) is 9.44. The second-order valence-electron chi connectivity index (χ2n) is 13.5. The Hall–Kier alpha value is -5.14. The highest BCUT2D eigenvalue weighted by atomic mass is 35.5. The number of imide groups is 2. The highest BCUT2D eigenvalue weighted by molar-refractivity contribution is 6.58. The van der Waals surface area contributed by atoms with E-state index in [1.165, 1.54) is 43.3 Å². The number of anilines is 2. The molecular formula is C38H23Cl2F5N2O6. The van der Waals surface area contributed by atoms with Gasteiger partial charge in [0, 0.05) is 22.4 Å². The summed E-state index contributed by atoms with van der Waals surface area (Å²) < 4.78 is 73.8. The van der Waals surface area contributed by atoms with Crippen LogP contribution in [0.1, 0.15) is 41.6 Å². The molecule has 8 rings (SSSR count).